The first-order chi connectivity index (χ1) is 8.59. The summed E-state index contributed by atoms with van der Waals surface area (Å²) in [4.78, 5) is 13.3. The van der Waals surface area contributed by atoms with Crippen molar-refractivity contribution in [3.05, 3.63) is 65.7 Å². The van der Waals surface area contributed by atoms with Crippen LogP contribution in [0.25, 0.3) is 0 Å². The van der Waals surface area contributed by atoms with E-state index in [4.69, 9.17) is 0 Å². The third-order valence-corrected chi connectivity index (χ3v) is 2.61. The molecule has 18 heavy (non-hydrogen) atoms. The maximum Gasteiger partial charge on any atom is 0.261 e. The first kappa shape index (κ1) is 12.2. The van der Waals surface area contributed by atoms with Crippen molar-refractivity contribution in [3.63, 3.8) is 0 Å². The molecule has 0 fully saturated rings. The molecule has 0 atom stereocenters. The van der Waals surface area contributed by atoms with Gasteiger partial charge in [0.25, 0.3) is 5.91 Å². The van der Waals surface area contributed by atoms with Gasteiger partial charge in [0.05, 0.1) is 5.56 Å². The summed E-state index contributed by atoms with van der Waals surface area (Å²) in [5.74, 6) is -1.96. The molecule has 0 aliphatic heterocycles. The SMILES string of the molecule is CN(C(=O)c1cc(F)ccc1F)c1ccccc1. The second-order valence-corrected chi connectivity index (χ2v) is 3.82. The van der Waals surface area contributed by atoms with Crippen molar-refractivity contribution in [1.29, 1.82) is 0 Å². The lowest BCUT2D eigenvalue weighted by Gasteiger charge is -2.17. The highest BCUT2D eigenvalue weighted by Crippen LogP contribution is 2.17. The van der Waals surface area contributed by atoms with Crippen molar-refractivity contribution in [1.82, 2.24) is 0 Å². The number of nitrogens with zero attached hydrogens (tertiary/aromatic N) is 1. The zero-order chi connectivity index (χ0) is 13.1. The van der Waals surface area contributed by atoms with Crippen molar-refractivity contribution < 1.29 is 13.6 Å². The number of anilines is 1. The van der Waals surface area contributed by atoms with Gasteiger partial charge in [-0.3, -0.25) is 4.79 Å². The Labute approximate surface area is 103 Å². The van der Waals surface area contributed by atoms with E-state index < -0.39 is 17.5 Å². The molecule has 0 saturated heterocycles. The molecule has 2 aromatic carbocycles. The van der Waals surface area contributed by atoms with Crippen LogP contribution in [0.2, 0.25) is 0 Å². The smallest absolute Gasteiger partial charge is 0.261 e. The number of carbonyl (C=O) groups is 1. The maximum atomic E-state index is 13.5. The second kappa shape index (κ2) is 4.96. The molecule has 1 amide bonds. The van der Waals surface area contributed by atoms with E-state index in [9.17, 15) is 13.6 Å². The van der Waals surface area contributed by atoms with Crippen LogP contribution in [0.1, 0.15) is 10.4 Å². The van der Waals surface area contributed by atoms with Crippen LogP contribution < -0.4 is 4.90 Å². The first-order valence-electron chi connectivity index (χ1n) is 5.38. The molecule has 2 rings (SSSR count). The summed E-state index contributed by atoms with van der Waals surface area (Å²) in [6, 6.07) is 11.6. The minimum absolute atomic E-state index is 0.277. The van der Waals surface area contributed by atoms with E-state index in [0.717, 1.165) is 18.2 Å². The van der Waals surface area contributed by atoms with Gasteiger partial charge in [-0.05, 0) is 30.3 Å². The van der Waals surface area contributed by atoms with Crippen LogP contribution in [-0.4, -0.2) is 13.0 Å². The summed E-state index contributed by atoms with van der Waals surface area (Å²) in [7, 11) is 1.52. The number of para-hydroxylation sites is 1. The quantitative estimate of drug-likeness (QED) is 0.797. The third-order valence-electron chi connectivity index (χ3n) is 2.61. The number of amides is 1. The van der Waals surface area contributed by atoms with Crippen LogP contribution in [0.5, 0.6) is 0 Å². The van der Waals surface area contributed by atoms with Crippen molar-refractivity contribution in [2.75, 3.05) is 11.9 Å². The summed E-state index contributed by atoms with van der Waals surface area (Å²) < 4.78 is 26.5. The van der Waals surface area contributed by atoms with E-state index in [1.807, 2.05) is 6.07 Å². The van der Waals surface area contributed by atoms with Crippen molar-refractivity contribution in [2.24, 2.45) is 0 Å². The topological polar surface area (TPSA) is 20.3 Å². The van der Waals surface area contributed by atoms with Gasteiger partial charge < -0.3 is 4.90 Å². The van der Waals surface area contributed by atoms with Crippen LogP contribution in [0.3, 0.4) is 0 Å². The second-order valence-electron chi connectivity index (χ2n) is 3.82. The normalized spacial score (nSPS) is 10.2. The molecule has 0 spiro atoms. The third kappa shape index (κ3) is 2.37. The van der Waals surface area contributed by atoms with Crippen molar-refractivity contribution in [3.8, 4) is 0 Å². The number of benzene rings is 2. The molecule has 0 bridgehead atoms. The molecular formula is C14H11F2NO. The molecule has 0 saturated carbocycles. The molecule has 2 aromatic rings. The number of hydrogen-bond donors (Lipinski definition) is 0. The molecule has 0 aliphatic carbocycles. The van der Waals surface area contributed by atoms with Gasteiger partial charge in [-0.25, -0.2) is 8.78 Å². The van der Waals surface area contributed by atoms with Gasteiger partial charge in [-0.1, -0.05) is 18.2 Å². The summed E-state index contributed by atoms with van der Waals surface area (Å²) >= 11 is 0. The fraction of sp³-hybridized carbons (Fsp3) is 0.0714. The van der Waals surface area contributed by atoms with Gasteiger partial charge in [0.15, 0.2) is 0 Å². The van der Waals surface area contributed by atoms with Gasteiger partial charge >= 0.3 is 0 Å². The number of carbonyl (C=O) groups excluding carboxylic acids is 1. The largest absolute Gasteiger partial charge is 0.311 e. The predicted molar refractivity (Wildman–Crippen MR) is 65.5 cm³/mol. The van der Waals surface area contributed by atoms with Crippen LogP contribution in [-0.2, 0) is 0 Å². The zero-order valence-electron chi connectivity index (χ0n) is 9.73. The van der Waals surface area contributed by atoms with E-state index in [2.05, 4.69) is 0 Å². The fourth-order valence-electron chi connectivity index (χ4n) is 1.61. The Bertz CT molecular complexity index is 569. The lowest BCUT2D eigenvalue weighted by Crippen LogP contribution is -2.27. The summed E-state index contributed by atoms with van der Waals surface area (Å²) in [5, 5.41) is 0. The predicted octanol–water partition coefficient (Wildman–Crippen LogP) is 3.24. The number of halogens is 2. The lowest BCUT2D eigenvalue weighted by atomic mass is 10.1. The highest BCUT2D eigenvalue weighted by atomic mass is 19.1. The van der Waals surface area contributed by atoms with E-state index in [1.54, 1.807) is 24.3 Å². The molecule has 0 aliphatic rings. The average Bonchev–Trinajstić information content (AvgIpc) is 2.41. The molecule has 0 aromatic heterocycles. The van der Waals surface area contributed by atoms with E-state index >= 15 is 0 Å². The summed E-state index contributed by atoms with van der Waals surface area (Å²) in [6.07, 6.45) is 0. The Hall–Kier alpha value is -2.23. The molecule has 2 nitrogen and oxygen atoms in total. The molecular weight excluding hydrogens is 236 g/mol. The minimum atomic E-state index is -0.732. The zero-order valence-corrected chi connectivity index (χ0v) is 9.73. The Morgan fingerprint density at radius 2 is 1.72 bits per heavy atom. The molecule has 4 heteroatoms. The van der Waals surface area contributed by atoms with Crippen molar-refractivity contribution >= 4 is 11.6 Å². The monoisotopic (exact) mass is 247 g/mol. The summed E-state index contributed by atoms with van der Waals surface area (Å²) in [6.45, 7) is 0. The Kier molecular flexibility index (Phi) is 3.37. The van der Waals surface area contributed by atoms with Gasteiger partial charge in [0.2, 0.25) is 0 Å². The highest BCUT2D eigenvalue weighted by Gasteiger charge is 2.17. The minimum Gasteiger partial charge on any atom is -0.311 e. The van der Waals surface area contributed by atoms with Crippen molar-refractivity contribution in [2.45, 2.75) is 0 Å². The maximum absolute atomic E-state index is 13.5. The molecule has 0 N–H and O–H groups in total. The van der Waals surface area contributed by atoms with E-state index in [0.29, 0.717) is 5.69 Å². The first-order valence-corrected chi connectivity index (χ1v) is 5.38. The Morgan fingerprint density at radius 1 is 1.06 bits per heavy atom. The van der Waals surface area contributed by atoms with Crippen LogP contribution >= 0.6 is 0 Å². The van der Waals surface area contributed by atoms with Gasteiger partial charge in [0, 0.05) is 12.7 Å². The lowest BCUT2D eigenvalue weighted by molar-refractivity contribution is 0.0988. The Morgan fingerprint density at radius 3 is 2.39 bits per heavy atom. The van der Waals surface area contributed by atoms with Crippen LogP contribution in [0, 0.1) is 11.6 Å². The van der Waals surface area contributed by atoms with Gasteiger partial charge in [0.1, 0.15) is 11.6 Å². The van der Waals surface area contributed by atoms with Gasteiger partial charge in [-0.2, -0.15) is 0 Å². The average molecular weight is 247 g/mol. The Balaban J connectivity index is 2.34. The molecule has 0 radical (unpaired) electrons. The fourth-order valence-corrected chi connectivity index (χ4v) is 1.61. The highest BCUT2D eigenvalue weighted by molar-refractivity contribution is 6.05. The van der Waals surface area contributed by atoms with Crippen LogP contribution in [0.15, 0.2) is 48.5 Å². The van der Waals surface area contributed by atoms with Gasteiger partial charge in [-0.15, -0.1) is 0 Å². The van der Waals surface area contributed by atoms with E-state index in [1.165, 1.54) is 11.9 Å². The summed E-state index contributed by atoms with van der Waals surface area (Å²) in [5.41, 5.74) is 0.340. The van der Waals surface area contributed by atoms with Crippen LogP contribution in [0.4, 0.5) is 14.5 Å². The standard InChI is InChI=1S/C14H11F2NO/c1-17(11-5-3-2-4-6-11)14(18)12-9-10(15)7-8-13(12)16/h2-9H,1H3. The number of hydrogen-bond acceptors (Lipinski definition) is 1. The molecule has 0 heterocycles. The molecule has 92 valence electrons. The molecule has 0 unspecified atom stereocenters. The number of rotatable bonds is 2. The van der Waals surface area contributed by atoms with E-state index in [-0.39, 0.29) is 5.56 Å².